The van der Waals surface area contributed by atoms with Gasteiger partial charge in [-0.1, -0.05) is 45.9 Å². The Labute approximate surface area is 241 Å². The van der Waals surface area contributed by atoms with Crippen LogP contribution in [0, 0.1) is 6.92 Å². The fourth-order valence-electron chi connectivity index (χ4n) is 4.86. The number of fused-ring (bicyclic) bond motifs is 1. The number of hydrogen-bond acceptors (Lipinski definition) is 6. The van der Waals surface area contributed by atoms with Crippen LogP contribution in [0.1, 0.15) is 68.7 Å². The first-order valence-corrected chi connectivity index (χ1v) is 14.7. The second-order valence-corrected chi connectivity index (χ2v) is 12.3. The number of carbonyl (C=O) groups excluding carboxylic acids is 2. The maximum Gasteiger partial charge on any atom is 0.240 e. The van der Waals surface area contributed by atoms with E-state index in [1.54, 1.807) is 19.1 Å². The van der Waals surface area contributed by atoms with E-state index in [1.165, 1.54) is 11.8 Å². The van der Waals surface area contributed by atoms with E-state index in [0.717, 1.165) is 34.5 Å². The highest BCUT2D eigenvalue weighted by atomic mass is 32.2. The number of nitrogens with one attached hydrogen (secondary N) is 1. The average Bonchev–Trinajstić information content (AvgIpc) is 3.26. The molecule has 2 heterocycles. The van der Waals surface area contributed by atoms with Crippen molar-refractivity contribution in [3.8, 4) is 17.2 Å². The summed E-state index contributed by atoms with van der Waals surface area (Å²) in [4.78, 5) is 28.6. The minimum Gasteiger partial charge on any atom is -0.493 e. The quantitative estimate of drug-likeness (QED) is 0.385. The molecule has 2 amide bonds. The molecule has 1 N–H and O–H groups in total. The number of methoxy groups -OCH3 is 2. The summed E-state index contributed by atoms with van der Waals surface area (Å²) >= 11 is 1.54. The maximum absolute atomic E-state index is 13.8. The van der Waals surface area contributed by atoms with E-state index in [2.05, 4.69) is 26.1 Å². The molecular weight excluding hydrogens is 524 g/mol. The third-order valence-electron chi connectivity index (χ3n) is 7.08. The Morgan fingerprint density at radius 2 is 1.88 bits per heavy atom. The van der Waals surface area contributed by atoms with Crippen LogP contribution in [0.25, 0.3) is 5.69 Å². The largest absolute Gasteiger partial charge is 0.493 e. The predicted octanol–water partition coefficient (Wildman–Crippen LogP) is 5.58. The molecule has 214 valence electrons. The van der Waals surface area contributed by atoms with Crippen molar-refractivity contribution in [1.29, 1.82) is 0 Å². The molecular formula is C31H40N4O4S. The van der Waals surface area contributed by atoms with Crippen LogP contribution < -0.4 is 19.7 Å². The Kier molecular flexibility index (Phi) is 8.83. The number of thioether (sulfide) groups is 1. The summed E-state index contributed by atoms with van der Waals surface area (Å²) in [5.74, 6) is 1.76. The monoisotopic (exact) mass is 564 g/mol. The van der Waals surface area contributed by atoms with Gasteiger partial charge in [-0.3, -0.25) is 14.5 Å². The second-order valence-electron chi connectivity index (χ2n) is 11.2. The lowest BCUT2D eigenvalue weighted by Crippen LogP contribution is -2.44. The highest BCUT2D eigenvalue weighted by Gasteiger charge is 2.40. The van der Waals surface area contributed by atoms with E-state index >= 15 is 0 Å². The summed E-state index contributed by atoms with van der Waals surface area (Å²) in [7, 11) is 3.23. The molecule has 1 aromatic heterocycles. The van der Waals surface area contributed by atoms with Gasteiger partial charge in [-0.25, -0.2) is 4.68 Å². The van der Waals surface area contributed by atoms with Gasteiger partial charge in [0.25, 0.3) is 0 Å². The molecule has 9 heteroatoms. The SMILES string of the molecule is CC[C@H](C)NC(=O)CN1C(=O)CS[C@@H](c2ccc(OC)c(OC)c2)c2c(C(C)(C)C)nn(-c3cccc(C)c3)c21. The molecule has 0 spiro atoms. The van der Waals surface area contributed by atoms with Crippen LogP contribution in [-0.4, -0.2) is 54.2 Å². The molecule has 4 rings (SSSR count). The molecule has 0 saturated heterocycles. The Balaban J connectivity index is 2.00. The number of anilines is 1. The zero-order valence-electron chi connectivity index (χ0n) is 24.7. The number of aryl methyl sites for hydroxylation is 1. The van der Waals surface area contributed by atoms with E-state index in [-0.39, 0.29) is 40.8 Å². The lowest BCUT2D eigenvalue weighted by Gasteiger charge is -2.25. The highest BCUT2D eigenvalue weighted by Crippen LogP contribution is 2.49. The van der Waals surface area contributed by atoms with E-state index in [4.69, 9.17) is 14.6 Å². The van der Waals surface area contributed by atoms with Crippen molar-refractivity contribution < 1.29 is 19.1 Å². The molecule has 0 bridgehead atoms. The average molecular weight is 565 g/mol. The standard InChI is InChI=1S/C31H40N4O4S/c1-9-20(3)32-25(36)17-34-26(37)18-40-28(21-13-14-23(38-7)24(16-21)39-8)27-29(31(4,5)6)33-35(30(27)34)22-12-10-11-19(2)15-22/h10-16,20,28H,9,17-18H2,1-8H3,(H,32,36)/t20-,28-/m0/s1. The van der Waals surface area contributed by atoms with E-state index in [1.807, 2.05) is 67.9 Å². The van der Waals surface area contributed by atoms with Gasteiger partial charge >= 0.3 is 0 Å². The summed E-state index contributed by atoms with van der Waals surface area (Å²) in [6, 6.07) is 13.9. The van der Waals surface area contributed by atoms with Crippen molar-refractivity contribution in [2.75, 3.05) is 31.4 Å². The first-order valence-electron chi connectivity index (χ1n) is 13.6. The molecule has 0 unspecified atom stereocenters. The maximum atomic E-state index is 13.8. The Bertz CT molecular complexity index is 1390. The second kappa shape index (κ2) is 12.0. The number of benzene rings is 2. The molecule has 40 heavy (non-hydrogen) atoms. The Hall–Kier alpha value is -3.46. The first-order chi connectivity index (χ1) is 19.0. The number of hydrogen-bond donors (Lipinski definition) is 1. The number of carbonyl (C=O) groups is 2. The summed E-state index contributed by atoms with van der Waals surface area (Å²) in [6.45, 7) is 12.3. The third kappa shape index (κ3) is 5.99. The number of nitrogens with zero attached hydrogens (tertiary/aromatic N) is 3. The summed E-state index contributed by atoms with van der Waals surface area (Å²) in [6.07, 6.45) is 0.803. The van der Waals surface area contributed by atoms with Crippen LogP contribution in [0.15, 0.2) is 42.5 Å². The van der Waals surface area contributed by atoms with Crippen LogP contribution in [0.3, 0.4) is 0 Å². The van der Waals surface area contributed by atoms with Gasteiger partial charge in [-0.05, 0) is 55.7 Å². The van der Waals surface area contributed by atoms with Gasteiger partial charge in [0, 0.05) is 17.0 Å². The summed E-state index contributed by atoms with van der Waals surface area (Å²) in [5.41, 5.74) is 4.34. The fraction of sp³-hybridized carbons (Fsp3) is 0.452. The van der Waals surface area contributed by atoms with E-state index in [0.29, 0.717) is 17.3 Å². The number of ether oxygens (including phenoxy) is 2. The summed E-state index contributed by atoms with van der Waals surface area (Å²) in [5, 5.41) is 7.96. The third-order valence-corrected chi connectivity index (χ3v) is 8.33. The molecule has 0 saturated carbocycles. The molecule has 0 aliphatic carbocycles. The first kappa shape index (κ1) is 29.5. The smallest absolute Gasteiger partial charge is 0.240 e. The molecule has 2 aromatic carbocycles. The van der Waals surface area contributed by atoms with Gasteiger partial charge in [0.15, 0.2) is 11.5 Å². The molecule has 0 fully saturated rings. The van der Waals surface area contributed by atoms with Crippen LogP contribution in [0.5, 0.6) is 11.5 Å². The zero-order valence-corrected chi connectivity index (χ0v) is 25.5. The Morgan fingerprint density at radius 1 is 1.15 bits per heavy atom. The van der Waals surface area contributed by atoms with Crippen LogP contribution in [0.2, 0.25) is 0 Å². The van der Waals surface area contributed by atoms with E-state index in [9.17, 15) is 9.59 Å². The van der Waals surface area contributed by atoms with Crippen molar-refractivity contribution in [3.05, 3.63) is 64.8 Å². The number of aromatic nitrogens is 2. The molecule has 1 aliphatic heterocycles. The topological polar surface area (TPSA) is 85.7 Å². The van der Waals surface area contributed by atoms with Gasteiger partial charge in [0.1, 0.15) is 12.4 Å². The van der Waals surface area contributed by atoms with Crippen molar-refractivity contribution in [2.24, 2.45) is 0 Å². The highest BCUT2D eigenvalue weighted by molar-refractivity contribution is 8.00. The molecule has 3 aromatic rings. The van der Waals surface area contributed by atoms with Gasteiger partial charge in [0.05, 0.1) is 36.6 Å². The minimum absolute atomic E-state index is 0.00903. The van der Waals surface area contributed by atoms with Gasteiger partial charge in [0.2, 0.25) is 11.8 Å². The van der Waals surface area contributed by atoms with Crippen LogP contribution in [-0.2, 0) is 15.0 Å². The molecule has 2 atom stereocenters. The van der Waals surface area contributed by atoms with Crippen LogP contribution >= 0.6 is 11.8 Å². The van der Waals surface area contributed by atoms with Crippen molar-refractivity contribution in [1.82, 2.24) is 15.1 Å². The predicted molar refractivity (Wildman–Crippen MR) is 161 cm³/mol. The fourth-order valence-corrected chi connectivity index (χ4v) is 6.05. The van der Waals surface area contributed by atoms with Crippen molar-refractivity contribution in [2.45, 2.75) is 64.7 Å². The Morgan fingerprint density at radius 3 is 2.50 bits per heavy atom. The normalized spacial score (nSPS) is 16.2. The molecule has 1 aliphatic rings. The van der Waals surface area contributed by atoms with Gasteiger partial charge in [-0.2, -0.15) is 5.10 Å². The molecule has 8 nitrogen and oxygen atoms in total. The van der Waals surface area contributed by atoms with Crippen molar-refractivity contribution in [3.63, 3.8) is 0 Å². The minimum atomic E-state index is -0.341. The van der Waals surface area contributed by atoms with Crippen molar-refractivity contribution >= 4 is 29.4 Å². The van der Waals surface area contributed by atoms with Crippen LogP contribution in [0.4, 0.5) is 5.82 Å². The molecule has 0 radical (unpaired) electrons. The lowest BCUT2D eigenvalue weighted by molar-refractivity contribution is -0.123. The van der Waals surface area contributed by atoms with Gasteiger partial charge in [-0.15, -0.1) is 11.8 Å². The lowest BCUT2D eigenvalue weighted by atomic mass is 9.87. The number of amides is 2. The van der Waals surface area contributed by atoms with E-state index < -0.39 is 0 Å². The summed E-state index contributed by atoms with van der Waals surface area (Å²) < 4.78 is 13.0. The zero-order chi connectivity index (χ0) is 29.2. The number of rotatable bonds is 8. The van der Waals surface area contributed by atoms with Gasteiger partial charge < -0.3 is 14.8 Å².